The van der Waals surface area contributed by atoms with Crippen LogP contribution in [0.3, 0.4) is 0 Å². The van der Waals surface area contributed by atoms with Gasteiger partial charge in [-0.25, -0.2) is 34.9 Å². The number of rotatable bonds is 11. The number of phenols is 1. The fourth-order valence-electron chi connectivity index (χ4n) is 10.9. The maximum Gasteiger partial charge on any atom is 0.271 e. The number of phenolic OH excluding ortho intramolecular Hbond substituents is 1. The Morgan fingerprint density at radius 2 is 1.33 bits per heavy atom. The summed E-state index contributed by atoms with van der Waals surface area (Å²) < 4.78 is 5.24. The smallest absolute Gasteiger partial charge is 0.271 e. The first-order chi connectivity index (χ1) is 44.7. The van der Waals surface area contributed by atoms with E-state index in [1.54, 1.807) is 79.2 Å². The molecular formula is C60H57N13O14S6. The first-order valence-electron chi connectivity index (χ1n) is 28.8. The van der Waals surface area contributed by atoms with Gasteiger partial charge in [0.1, 0.15) is 112 Å². The number of ether oxygens (including phenoxy) is 1. The number of aromatic hydroxyl groups is 1. The molecule has 0 saturated carbocycles. The molecule has 0 aliphatic carbocycles. The lowest BCUT2D eigenvalue weighted by Crippen LogP contribution is -2.57. The molecule has 0 radical (unpaired) electrons. The highest BCUT2D eigenvalue weighted by Crippen LogP contribution is 2.43. The Morgan fingerprint density at radius 3 is 2.10 bits per heavy atom. The van der Waals surface area contributed by atoms with E-state index in [4.69, 9.17) is 30.4 Å². The van der Waals surface area contributed by atoms with E-state index in [1.165, 1.54) is 55.8 Å². The van der Waals surface area contributed by atoms with E-state index in [1.807, 2.05) is 0 Å². The number of thiazole rings is 6. The number of aliphatic hydroxyl groups excluding tert-OH is 6. The van der Waals surface area contributed by atoms with Gasteiger partial charge in [-0.2, -0.15) is 0 Å². The first kappa shape index (κ1) is 64.8. The molecule has 2 saturated heterocycles. The van der Waals surface area contributed by atoms with Crippen LogP contribution in [-0.4, -0.2) is 167 Å². The molecule has 2 fully saturated rings. The highest BCUT2D eigenvalue weighted by Gasteiger charge is 2.46. The maximum absolute atomic E-state index is 15.2. The minimum atomic E-state index is -1.74. The molecule has 1 unspecified atom stereocenters. The second kappa shape index (κ2) is 27.3. The van der Waals surface area contributed by atoms with E-state index in [0.717, 1.165) is 45.3 Å². The summed E-state index contributed by atoms with van der Waals surface area (Å²) in [5.74, 6) is -4.77. The average molecular weight is 1380 g/mol. The fraction of sp³-hybridized carbons (Fsp3) is 0.317. The van der Waals surface area contributed by atoms with E-state index >= 15 is 4.79 Å². The summed E-state index contributed by atoms with van der Waals surface area (Å²) in [5, 5.41) is 95.1. The zero-order valence-corrected chi connectivity index (χ0v) is 53.7. The van der Waals surface area contributed by atoms with Crippen LogP contribution < -0.4 is 27.0 Å². The van der Waals surface area contributed by atoms with Gasteiger partial charge in [-0.1, -0.05) is 49.4 Å². The van der Waals surface area contributed by atoms with Gasteiger partial charge in [-0.15, -0.1) is 68.0 Å². The number of carbonyl (C=O) groups is 6. The highest BCUT2D eigenvalue weighted by molar-refractivity contribution is 7.15. The van der Waals surface area contributed by atoms with Crippen LogP contribution in [0.5, 0.6) is 5.75 Å². The number of benzene rings is 2. The van der Waals surface area contributed by atoms with Crippen LogP contribution in [0.25, 0.3) is 43.4 Å². The number of amides is 6. The molecule has 12 rings (SSSR count). The van der Waals surface area contributed by atoms with Gasteiger partial charge in [-0.05, 0) is 48.7 Å². The van der Waals surface area contributed by atoms with Crippen molar-refractivity contribution in [3.63, 3.8) is 0 Å². The van der Waals surface area contributed by atoms with Crippen molar-refractivity contribution in [3.05, 3.63) is 147 Å². The number of aryl methyl sites for hydroxylation is 1. The Labute approximate surface area is 551 Å². The van der Waals surface area contributed by atoms with Crippen LogP contribution in [0.4, 0.5) is 0 Å². The van der Waals surface area contributed by atoms with E-state index in [9.17, 15) is 59.7 Å². The third-order valence-electron chi connectivity index (χ3n) is 15.8. The summed E-state index contributed by atoms with van der Waals surface area (Å²) >= 11 is 6.69. The molecule has 2 aromatic carbocycles. The molecule has 482 valence electrons. The number of aliphatic hydroxyl groups is 6. The number of primary amides is 1. The molecule has 12 atom stereocenters. The number of carbonyl (C=O) groups excluding carboxylic acids is 6. The molecule has 3 aliphatic rings. The predicted octanol–water partition coefficient (Wildman–Crippen LogP) is 4.21. The molecule has 6 amide bonds. The van der Waals surface area contributed by atoms with Gasteiger partial charge in [0.15, 0.2) is 6.29 Å². The fourth-order valence-corrected chi connectivity index (χ4v) is 16.2. The van der Waals surface area contributed by atoms with Crippen LogP contribution in [-0.2, 0) is 20.7 Å². The highest BCUT2D eigenvalue weighted by atomic mass is 32.1. The first-order valence-corrected chi connectivity index (χ1v) is 34.0. The van der Waals surface area contributed by atoms with Gasteiger partial charge >= 0.3 is 0 Å². The van der Waals surface area contributed by atoms with E-state index in [-0.39, 0.29) is 70.2 Å². The third kappa shape index (κ3) is 13.7. The summed E-state index contributed by atoms with van der Waals surface area (Å²) in [6.07, 6.45) is -10.7. The minimum absolute atomic E-state index is 0.0190. The minimum Gasteiger partial charge on any atom is -0.508 e. The number of hydrogen-bond acceptors (Lipinski definition) is 27. The van der Waals surface area contributed by atoms with Crippen molar-refractivity contribution in [2.24, 2.45) is 11.7 Å². The van der Waals surface area contributed by atoms with Crippen molar-refractivity contribution < 1.29 is 69.2 Å². The molecule has 3 aliphatic heterocycles. The molecule has 93 heavy (non-hydrogen) atoms. The number of nitrogens with zero attached hydrogens (tertiary/aromatic N) is 8. The monoisotopic (exact) mass is 1380 g/mol. The molecule has 7 aromatic heterocycles. The summed E-state index contributed by atoms with van der Waals surface area (Å²) in [6.45, 7) is 3.24. The maximum atomic E-state index is 15.2. The Bertz CT molecular complexity index is 4270. The molecular weight excluding hydrogens is 1320 g/mol. The van der Waals surface area contributed by atoms with Crippen LogP contribution >= 0.6 is 68.0 Å². The lowest BCUT2D eigenvalue weighted by Gasteiger charge is -2.38. The molecule has 9 aromatic rings. The zero-order valence-electron chi connectivity index (χ0n) is 48.8. The number of nitrogens with one attached hydrogen (secondary N) is 4. The number of nitrogens with two attached hydrogens (primary N) is 1. The van der Waals surface area contributed by atoms with E-state index in [2.05, 4.69) is 36.2 Å². The second-order valence-corrected chi connectivity index (χ2v) is 27.7. The predicted molar refractivity (Wildman–Crippen MR) is 342 cm³/mol. The van der Waals surface area contributed by atoms with Crippen LogP contribution in [0, 0.1) is 12.8 Å². The summed E-state index contributed by atoms with van der Waals surface area (Å²) in [6, 6.07) is 13.5. The molecule has 10 heterocycles. The Hall–Kier alpha value is -8.29. The van der Waals surface area contributed by atoms with Crippen LogP contribution in [0.15, 0.2) is 93.6 Å². The quantitative estimate of drug-likeness (QED) is 0.0863. The SMILES string of the molecule is Cc1sc2nc1C(=O)N[C@@H]([C@H](O)c1ccccc1)c1nc(cs1)C(=O)N[C@@H](Cc1ccc(O)cc1)C(=O)N1C[C@H](O)[C@H](C)[C@H]1c1nc(cs1)-c1nc(cs1)-c1nc(-c3nc(C(=O)NCC[C@@H]4OC(O)[C@@H](O)[C@H](O)[C@H]4O)cs3)ccc1-c1nc(cs1)C(=O)N[C@H]2CC(N)=O. The molecule has 10 bridgehead atoms. The number of fused-ring (bicyclic) bond motifs is 16. The molecule has 0 spiro atoms. The van der Waals surface area contributed by atoms with Gasteiger partial charge in [0.05, 0.1) is 36.4 Å². The lowest BCUT2D eigenvalue weighted by atomic mass is 9.97. The third-order valence-corrected chi connectivity index (χ3v) is 21.4. The topological polar surface area (TPSA) is 421 Å². The lowest BCUT2D eigenvalue weighted by molar-refractivity contribution is -0.282. The van der Waals surface area contributed by atoms with Gasteiger partial charge in [-0.3, -0.25) is 28.8 Å². The van der Waals surface area contributed by atoms with Crippen molar-refractivity contribution in [3.8, 4) is 49.1 Å². The standard InChI is InChI=1S/C60H57N13O14S6/c1-24-38(75)18-73-44(24)58-70-37(23-92-58)55-66-33(19-89-55)42-29(12-13-30(63-42)54-68-34(20-90-54)49(81)62-15-14-39-46(78)47(79)48(80)60(86)87-39)53-67-35(21-88-53)50(82)64-31(17-40(61)76)56-72-41(25(2)93-56)52(84)71-43(45(77)27-6-4-3-5-7-27)57-69-36(22-91-57)51(83)65-32(59(73)85)16-26-8-10-28(74)11-9-26/h3-13,19-24,31-32,38-39,43-48,60,74-75,77-80,86H,14-18H2,1-2H3,(H2,61,76)(H,62,81)(H,64,82)(H,65,83)(H,71,84)/t24-,31-,32-,38-,39-,43-,44-,45+,46-,47+,48-,60?/m0/s1. The van der Waals surface area contributed by atoms with Gasteiger partial charge in [0, 0.05) is 62.8 Å². The van der Waals surface area contributed by atoms with Gasteiger partial charge in [0.25, 0.3) is 23.6 Å². The van der Waals surface area contributed by atoms with Crippen LogP contribution in [0.2, 0.25) is 0 Å². The average Bonchev–Trinajstić information content (AvgIpc) is 1.67. The molecule has 13 N–H and O–H groups in total. The molecule has 33 heteroatoms. The van der Waals surface area contributed by atoms with E-state index in [0.29, 0.717) is 58.7 Å². The molecule has 27 nitrogen and oxygen atoms in total. The van der Waals surface area contributed by atoms with Gasteiger partial charge < -0.3 is 72.4 Å². The number of pyridine rings is 1. The van der Waals surface area contributed by atoms with Crippen molar-refractivity contribution in [1.29, 1.82) is 0 Å². The van der Waals surface area contributed by atoms with Crippen molar-refractivity contribution in [2.45, 2.75) is 100 Å². The second-order valence-electron chi connectivity index (χ2n) is 22.1. The van der Waals surface area contributed by atoms with Crippen molar-refractivity contribution in [2.75, 3.05) is 13.1 Å². The number of hydrogen-bond donors (Lipinski definition) is 12. The largest absolute Gasteiger partial charge is 0.508 e. The zero-order chi connectivity index (χ0) is 65.5. The Morgan fingerprint density at radius 1 is 0.677 bits per heavy atom. The summed E-state index contributed by atoms with van der Waals surface area (Å²) in [7, 11) is 0. The van der Waals surface area contributed by atoms with Crippen LogP contribution in [0.1, 0.15) is 117 Å². The summed E-state index contributed by atoms with van der Waals surface area (Å²) in [5.41, 5.74) is 8.24. The van der Waals surface area contributed by atoms with Crippen molar-refractivity contribution in [1.82, 2.24) is 61.1 Å². The normalized spacial score (nSPS) is 23.9. The summed E-state index contributed by atoms with van der Waals surface area (Å²) in [4.78, 5) is 120. The van der Waals surface area contributed by atoms with E-state index < -0.39 is 115 Å². The Kier molecular flexibility index (Phi) is 19.1. The number of aromatic nitrogens is 7. The Balaban J connectivity index is 0.913. The van der Waals surface area contributed by atoms with Gasteiger partial charge in [0.2, 0.25) is 11.8 Å². The van der Waals surface area contributed by atoms with Crippen molar-refractivity contribution >= 4 is 103 Å².